The summed E-state index contributed by atoms with van der Waals surface area (Å²) in [6.07, 6.45) is 5.23. The van der Waals surface area contributed by atoms with Crippen molar-refractivity contribution in [3.05, 3.63) is 23.3 Å². The molecule has 1 aliphatic heterocycles. The minimum absolute atomic E-state index is 0.0912. The van der Waals surface area contributed by atoms with E-state index < -0.39 is 6.10 Å². The van der Waals surface area contributed by atoms with Crippen molar-refractivity contribution in [1.29, 1.82) is 0 Å². The van der Waals surface area contributed by atoms with Crippen molar-refractivity contribution in [2.24, 2.45) is 11.8 Å². The Kier molecular flexibility index (Phi) is 5.40. The van der Waals surface area contributed by atoms with Crippen LogP contribution >= 0.6 is 0 Å². The third-order valence-electron chi connectivity index (χ3n) is 4.52. The van der Waals surface area contributed by atoms with Crippen molar-refractivity contribution in [2.45, 2.75) is 52.2 Å². The second-order valence-electron chi connectivity index (χ2n) is 6.18. The summed E-state index contributed by atoms with van der Waals surface area (Å²) in [7, 11) is 0. The van der Waals surface area contributed by atoms with E-state index in [9.17, 15) is 14.7 Å². The van der Waals surface area contributed by atoms with Crippen molar-refractivity contribution < 1.29 is 24.2 Å². The van der Waals surface area contributed by atoms with Gasteiger partial charge in [-0.25, -0.2) is 0 Å². The average Bonchev–Trinajstić information content (AvgIpc) is 2.73. The van der Waals surface area contributed by atoms with E-state index in [-0.39, 0.29) is 36.5 Å². The van der Waals surface area contributed by atoms with Crippen LogP contribution in [0.15, 0.2) is 23.3 Å². The molecule has 0 radical (unpaired) electrons. The Hall–Kier alpha value is -1.62. The minimum Gasteiger partial charge on any atom is -0.458 e. The standard InChI is InChI=1S/C17H24O5/c1-10-4-6-14-11(2)17(20)22-16(14)8-13(9-18)15(7-5-10)21-12(3)19/h5,8,11,14-16,18H,4,6-7,9H2,1-3H3/b10-5-,13-8-/t11?,14-,15?,16-/m0/s1. The Morgan fingerprint density at radius 2 is 2.23 bits per heavy atom. The van der Waals surface area contributed by atoms with Crippen molar-refractivity contribution in [2.75, 3.05) is 6.61 Å². The predicted molar refractivity (Wildman–Crippen MR) is 80.9 cm³/mol. The molecule has 1 saturated heterocycles. The molecule has 1 heterocycles. The number of aliphatic hydroxyl groups excluding tert-OH is 1. The molecule has 1 fully saturated rings. The Balaban J connectivity index is 2.34. The third-order valence-corrected chi connectivity index (χ3v) is 4.52. The lowest BCUT2D eigenvalue weighted by atomic mass is 9.84. The summed E-state index contributed by atoms with van der Waals surface area (Å²) in [6.45, 7) is 5.05. The zero-order valence-electron chi connectivity index (χ0n) is 13.4. The summed E-state index contributed by atoms with van der Waals surface area (Å²) >= 11 is 0. The summed E-state index contributed by atoms with van der Waals surface area (Å²) in [6, 6.07) is 0. The molecule has 5 heteroatoms. The van der Waals surface area contributed by atoms with Crippen LogP contribution in [0.5, 0.6) is 0 Å². The summed E-state index contributed by atoms with van der Waals surface area (Å²) in [5, 5.41) is 9.65. The molecule has 0 amide bonds. The van der Waals surface area contributed by atoms with Gasteiger partial charge in [-0.1, -0.05) is 18.6 Å². The molecule has 4 atom stereocenters. The van der Waals surface area contributed by atoms with Crippen LogP contribution < -0.4 is 0 Å². The molecule has 5 nitrogen and oxygen atoms in total. The van der Waals surface area contributed by atoms with E-state index in [1.165, 1.54) is 12.5 Å². The zero-order valence-corrected chi connectivity index (χ0v) is 13.4. The van der Waals surface area contributed by atoms with Crippen LogP contribution in [0.3, 0.4) is 0 Å². The van der Waals surface area contributed by atoms with Crippen molar-refractivity contribution in [3.8, 4) is 0 Å². The number of hydrogen-bond acceptors (Lipinski definition) is 5. The van der Waals surface area contributed by atoms with E-state index >= 15 is 0 Å². The number of aliphatic hydroxyl groups is 1. The highest BCUT2D eigenvalue weighted by Crippen LogP contribution is 2.35. The lowest BCUT2D eigenvalue weighted by Gasteiger charge is -2.23. The van der Waals surface area contributed by atoms with E-state index in [2.05, 4.69) is 0 Å². The second-order valence-corrected chi connectivity index (χ2v) is 6.18. The van der Waals surface area contributed by atoms with E-state index in [0.717, 1.165) is 12.8 Å². The van der Waals surface area contributed by atoms with Gasteiger partial charge in [0.25, 0.3) is 0 Å². The molecule has 2 aliphatic rings. The topological polar surface area (TPSA) is 72.8 Å². The molecule has 0 spiro atoms. The summed E-state index contributed by atoms with van der Waals surface area (Å²) in [5.41, 5.74) is 1.79. The van der Waals surface area contributed by atoms with Gasteiger partial charge in [0.1, 0.15) is 12.2 Å². The van der Waals surface area contributed by atoms with Gasteiger partial charge < -0.3 is 14.6 Å². The molecule has 0 bridgehead atoms. The Morgan fingerprint density at radius 3 is 2.86 bits per heavy atom. The maximum Gasteiger partial charge on any atom is 0.309 e. The van der Waals surface area contributed by atoms with Crippen molar-refractivity contribution in [3.63, 3.8) is 0 Å². The number of esters is 2. The molecule has 0 aromatic carbocycles. The van der Waals surface area contributed by atoms with Gasteiger partial charge in [-0.3, -0.25) is 9.59 Å². The molecule has 2 unspecified atom stereocenters. The Morgan fingerprint density at radius 1 is 1.50 bits per heavy atom. The van der Waals surface area contributed by atoms with Gasteiger partial charge in [0.05, 0.1) is 12.5 Å². The fourth-order valence-corrected chi connectivity index (χ4v) is 3.11. The first-order valence-electron chi connectivity index (χ1n) is 7.77. The molecule has 22 heavy (non-hydrogen) atoms. The monoisotopic (exact) mass is 308 g/mol. The highest BCUT2D eigenvalue weighted by atomic mass is 16.6. The first-order valence-corrected chi connectivity index (χ1v) is 7.77. The van der Waals surface area contributed by atoms with Gasteiger partial charge in [-0.15, -0.1) is 0 Å². The molecule has 1 aliphatic carbocycles. The quantitative estimate of drug-likeness (QED) is 0.625. The third kappa shape index (κ3) is 3.77. The average molecular weight is 308 g/mol. The Bertz CT molecular complexity index is 505. The van der Waals surface area contributed by atoms with Crippen LogP contribution in [0.4, 0.5) is 0 Å². The van der Waals surface area contributed by atoms with Crippen LogP contribution in [0.1, 0.15) is 40.0 Å². The van der Waals surface area contributed by atoms with Gasteiger partial charge in [-0.2, -0.15) is 0 Å². The van der Waals surface area contributed by atoms with Crippen LogP contribution in [-0.2, 0) is 19.1 Å². The van der Waals surface area contributed by atoms with Crippen LogP contribution in [0, 0.1) is 11.8 Å². The van der Waals surface area contributed by atoms with Crippen molar-refractivity contribution in [1.82, 2.24) is 0 Å². The number of allylic oxidation sites excluding steroid dienone is 1. The van der Waals surface area contributed by atoms with Gasteiger partial charge in [-0.05, 0) is 31.4 Å². The molecular formula is C17H24O5. The fourth-order valence-electron chi connectivity index (χ4n) is 3.11. The van der Waals surface area contributed by atoms with Gasteiger partial charge in [0.15, 0.2) is 0 Å². The molecule has 122 valence electrons. The van der Waals surface area contributed by atoms with E-state index in [1.807, 2.05) is 19.9 Å². The molecular weight excluding hydrogens is 284 g/mol. The molecule has 1 N–H and O–H groups in total. The number of fused-ring (bicyclic) bond motifs is 1. The molecule has 0 aromatic rings. The van der Waals surface area contributed by atoms with Gasteiger partial charge in [0.2, 0.25) is 0 Å². The largest absolute Gasteiger partial charge is 0.458 e. The molecule has 0 aromatic heterocycles. The van der Waals surface area contributed by atoms with E-state index in [4.69, 9.17) is 9.47 Å². The fraction of sp³-hybridized carbons (Fsp3) is 0.647. The first kappa shape index (κ1) is 16.7. The smallest absolute Gasteiger partial charge is 0.309 e. The Labute approximate surface area is 131 Å². The van der Waals surface area contributed by atoms with E-state index in [1.54, 1.807) is 6.08 Å². The number of ether oxygens (including phenoxy) is 2. The highest BCUT2D eigenvalue weighted by Gasteiger charge is 2.41. The number of carbonyl (C=O) groups excluding carboxylic acids is 2. The maximum absolute atomic E-state index is 11.9. The van der Waals surface area contributed by atoms with Crippen LogP contribution in [0.25, 0.3) is 0 Å². The zero-order chi connectivity index (χ0) is 16.3. The SMILES string of the molecule is CC(=O)OC1C/C=C(/C)CC[C@H]2C(C)C(=O)O[C@H]2/C=C\1CO. The molecule has 0 saturated carbocycles. The minimum atomic E-state index is -0.509. The second kappa shape index (κ2) is 7.09. The van der Waals surface area contributed by atoms with Gasteiger partial charge >= 0.3 is 11.9 Å². The summed E-state index contributed by atoms with van der Waals surface area (Å²) in [5.74, 6) is -0.650. The summed E-state index contributed by atoms with van der Waals surface area (Å²) in [4.78, 5) is 23.2. The van der Waals surface area contributed by atoms with Crippen LogP contribution in [-0.4, -0.2) is 35.9 Å². The number of hydrogen-bond donors (Lipinski definition) is 1. The van der Waals surface area contributed by atoms with Gasteiger partial charge in [0, 0.05) is 19.3 Å². The lowest BCUT2D eigenvalue weighted by Crippen LogP contribution is -2.25. The molecule has 2 rings (SSSR count). The number of rotatable bonds is 2. The van der Waals surface area contributed by atoms with Crippen molar-refractivity contribution >= 4 is 11.9 Å². The highest BCUT2D eigenvalue weighted by molar-refractivity contribution is 5.75. The number of carbonyl (C=O) groups is 2. The summed E-state index contributed by atoms with van der Waals surface area (Å²) < 4.78 is 10.8. The van der Waals surface area contributed by atoms with Crippen LogP contribution in [0.2, 0.25) is 0 Å². The lowest BCUT2D eigenvalue weighted by molar-refractivity contribution is -0.145. The predicted octanol–water partition coefficient (Wildman–Crippen LogP) is 2.14. The maximum atomic E-state index is 11.9. The normalized spacial score (nSPS) is 37.2. The van der Waals surface area contributed by atoms with E-state index in [0.29, 0.717) is 12.0 Å². The first-order chi connectivity index (χ1) is 10.4.